The molecule has 0 aliphatic carbocycles. The molecule has 0 unspecified atom stereocenters. The fraction of sp³-hybridized carbons (Fsp3) is 0.333. The second kappa shape index (κ2) is 5.22. The summed E-state index contributed by atoms with van der Waals surface area (Å²) < 4.78 is 103. The van der Waals surface area contributed by atoms with Gasteiger partial charge in [0, 0.05) is 0 Å². The Balaban J connectivity index is 3.62. The Kier molecular flexibility index (Phi) is 4.39. The Morgan fingerprint density at radius 2 is 1.20 bits per heavy atom. The summed E-state index contributed by atoms with van der Waals surface area (Å²) in [7, 11) is -10.2. The van der Waals surface area contributed by atoms with Gasteiger partial charge in [0.1, 0.15) is 10.3 Å². The van der Waals surface area contributed by atoms with Crippen LogP contribution < -0.4 is 0 Å². The molecule has 0 fully saturated rings. The van der Waals surface area contributed by atoms with Crippen molar-refractivity contribution in [3.8, 4) is 0 Å². The zero-order valence-corrected chi connectivity index (χ0v) is 12.7. The zero-order chi connectivity index (χ0) is 20.0. The van der Waals surface area contributed by atoms with Gasteiger partial charge in [-0.3, -0.25) is 9.59 Å². The van der Waals surface area contributed by atoms with Crippen molar-refractivity contribution in [2.45, 2.75) is 29.3 Å². The summed E-state index contributed by atoms with van der Waals surface area (Å²) in [6, 6.07) is -0.651. The third kappa shape index (κ3) is 4.74. The standard InChI is InChI=1S/C12H10F8O4S/c13-12(14,15)11(5-9(21)22,6-10(23)24)7-1-3-8(4-2-7)25(16,17,18,19)20/h1-4H,5-6H2,(H,21,22)(H,23,24). The molecular formula is C12H10F8O4S. The van der Waals surface area contributed by atoms with Crippen molar-refractivity contribution in [2.75, 3.05) is 0 Å². The highest BCUT2D eigenvalue weighted by Crippen LogP contribution is 3.02. The SMILES string of the molecule is O=C(O)CC(CC(=O)O)(c1ccc(S(F)(F)(F)(F)F)cc1)C(F)(F)F. The number of aliphatic carboxylic acids is 2. The van der Waals surface area contributed by atoms with Crippen molar-refractivity contribution in [3.05, 3.63) is 29.8 Å². The lowest BCUT2D eigenvalue weighted by atomic mass is 9.74. The van der Waals surface area contributed by atoms with Crippen LogP contribution in [-0.2, 0) is 15.0 Å². The number of halogens is 8. The third-order valence-electron chi connectivity index (χ3n) is 3.30. The Labute approximate surface area is 134 Å². The molecule has 0 saturated carbocycles. The Morgan fingerprint density at radius 1 is 0.840 bits per heavy atom. The van der Waals surface area contributed by atoms with Crippen LogP contribution in [0, 0.1) is 0 Å². The lowest BCUT2D eigenvalue weighted by molar-refractivity contribution is -0.203. The maximum absolute atomic E-state index is 13.4. The van der Waals surface area contributed by atoms with Crippen LogP contribution in [0.5, 0.6) is 0 Å². The van der Waals surface area contributed by atoms with Gasteiger partial charge in [-0.15, -0.1) is 0 Å². The van der Waals surface area contributed by atoms with E-state index in [1.165, 1.54) is 0 Å². The Morgan fingerprint density at radius 3 is 1.44 bits per heavy atom. The number of benzene rings is 1. The number of carboxylic acids is 2. The molecule has 0 spiro atoms. The average Bonchev–Trinajstić information content (AvgIpc) is 2.32. The molecule has 0 aliphatic rings. The van der Waals surface area contributed by atoms with Gasteiger partial charge in [-0.25, -0.2) is 0 Å². The summed E-state index contributed by atoms with van der Waals surface area (Å²) >= 11 is 0. The molecule has 13 heteroatoms. The third-order valence-corrected chi connectivity index (χ3v) is 4.46. The van der Waals surface area contributed by atoms with Gasteiger partial charge in [-0.05, 0) is 17.7 Å². The molecule has 0 amide bonds. The van der Waals surface area contributed by atoms with Crippen LogP contribution in [-0.4, -0.2) is 28.3 Å². The maximum atomic E-state index is 13.4. The lowest BCUT2D eigenvalue weighted by Crippen LogP contribution is -2.46. The minimum atomic E-state index is -10.2. The number of alkyl halides is 3. The summed E-state index contributed by atoms with van der Waals surface area (Å²) in [6.45, 7) is 0. The average molecular weight is 402 g/mol. The first-order valence-corrected chi connectivity index (χ1v) is 8.08. The van der Waals surface area contributed by atoms with Gasteiger partial charge in [0.2, 0.25) is 0 Å². The van der Waals surface area contributed by atoms with Crippen molar-refractivity contribution >= 4 is 22.2 Å². The van der Waals surface area contributed by atoms with Crippen molar-refractivity contribution in [1.82, 2.24) is 0 Å². The van der Waals surface area contributed by atoms with Crippen molar-refractivity contribution in [3.63, 3.8) is 0 Å². The summed E-state index contributed by atoms with van der Waals surface area (Å²) in [5.74, 6) is -4.15. The van der Waals surface area contributed by atoms with Crippen LogP contribution >= 0.6 is 10.2 Å². The molecule has 0 heterocycles. The quantitative estimate of drug-likeness (QED) is 0.650. The van der Waals surface area contributed by atoms with E-state index in [9.17, 15) is 42.2 Å². The van der Waals surface area contributed by atoms with Gasteiger partial charge < -0.3 is 10.2 Å². The fourth-order valence-corrected chi connectivity index (χ4v) is 2.83. The number of hydrogen-bond acceptors (Lipinski definition) is 2. The number of carboxylic acid groups (broad SMARTS) is 2. The van der Waals surface area contributed by atoms with Gasteiger partial charge in [-0.1, -0.05) is 31.6 Å². The monoisotopic (exact) mass is 402 g/mol. The lowest BCUT2D eigenvalue weighted by Gasteiger charge is -2.41. The topological polar surface area (TPSA) is 74.6 Å². The predicted molar refractivity (Wildman–Crippen MR) is 70.1 cm³/mol. The molecular weight excluding hydrogens is 392 g/mol. The first kappa shape index (κ1) is 21.0. The number of carbonyl (C=O) groups is 2. The Bertz CT molecular complexity index is 677. The minimum Gasteiger partial charge on any atom is -0.481 e. The van der Waals surface area contributed by atoms with Gasteiger partial charge in [-0.2, -0.15) is 13.2 Å². The molecule has 1 rings (SSSR count). The van der Waals surface area contributed by atoms with E-state index in [0.29, 0.717) is 0 Å². The van der Waals surface area contributed by atoms with E-state index in [1.54, 1.807) is 0 Å². The summed E-state index contributed by atoms with van der Waals surface area (Å²) in [4.78, 5) is 19.0. The second-order valence-corrected chi connectivity index (χ2v) is 7.62. The Hall–Kier alpha value is -2.05. The molecule has 2 N–H and O–H groups in total. The smallest absolute Gasteiger partial charge is 0.399 e. The predicted octanol–water partition coefficient (Wildman–Crippen LogP) is 5.09. The maximum Gasteiger partial charge on any atom is 0.399 e. The van der Waals surface area contributed by atoms with Crippen molar-refractivity contribution in [2.24, 2.45) is 0 Å². The molecule has 0 aliphatic heterocycles. The van der Waals surface area contributed by atoms with Crippen LogP contribution in [0.1, 0.15) is 18.4 Å². The van der Waals surface area contributed by atoms with Gasteiger partial charge >= 0.3 is 28.3 Å². The molecule has 0 bridgehead atoms. The van der Waals surface area contributed by atoms with Crippen LogP contribution in [0.2, 0.25) is 0 Å². The molecule has 0 atom stereocenters. The largest absolute Gasteiger partial charge is 0.481 e. The molecule has 1 aromatic carbocycles. The normalized spacial score (nSPS) is 16.0. The molecule has 0 radical (unpaired) electrons. The summed E-state index contributed by atoms with van der Waals surface area (Å²) in [5.41, 5.74) is -4.77. The molecule has 0 aromatic heterocycles. The number of rotatable bonds is 6. The summed E-state index contributed by atoms with van der Waals surface area (Å²) in [5, 5.41) is 17.3. The highest BCUT2D eigenvalue weighted by atomic mass is 32.5. The highest BCUT2D eigenvalue weighted by Gasteiger charge is 2.65. The van der Waals surface area contributed by atoms with Crippen LogP contribution in [0.15, 0.2) is 29.2 Å². The molecule has 25 heavy (non-hydrogen) atoms. The molecule has 4 nitrogen and oxygen atoms in total. The van der Waals surface area contributed by atoms with Gasteiger partial charge in [0.05, 0.1) is 12.8 Å². The highest BCUT2D eigenvalue weighted by molar-refractivity contribution is 8.45. The molecule has 0 saturated heterocycles. The van der Waals surface area contributed by atoms with Crippen LogP contribution in [0.3, 0.4) is 0 Å². The first-order chi connectivity index (χ1) is 10.8. The van der Waals surface area contributed by atoms with E-state index < -0.39 is 57.1 Å². The fourth-order valence-electron chi connectivity index (χ4n) is 2.18. The van der Waals surface area contributed by atoms with Crippen molar-refractivity contribution < 1.29 is 52.4 Å². The van der Waals surface area contributed by atoms with Crippen LogP contribution in [0.25, 0.3) is 0 Å². The second-order valence-electron chi connectivity index (χ2n) is 5.21. The van der Waals surface area contributed by atoms with Crippen LogP contribution in [0.4, 0.5) is 32.6 Å². The van der Waals surface area contributed by atoms with E-state index in [4.69, 9.17) is 10.2 Å². The van der Waals surface area contributed by atoms with E-state index in [0.717, 1.165) is 0 Å². The van der Waals surface area contributed by atoms with Crippen molar-refractivity contribution in [1.29, 1.82) is 0 Å². The zero-order valence-electron chi connectivity index (χ0n) is 11.9. The van der Waals surface area contributed by atoms with E-state index in [-0.39, 0.29) is 24.3 Å². The van der Waals surface area contributed by atoms with E-state index in [1.807, 2.05) is 0 Å². The number of hydrogen-bond donors (Lipinski definition) is 2. The minimum absolute atomic E-state index is 0.00655. The van der Waals surface area contributed by atoms with E-state index >= 15 is 0 Å². The molecule has 144 valence electrons. The molecule has 1 aromatic rings. The van der Waals surface area contributed by atoms with E-state index in [2.05, 4.69) is 0 Å². The summed E-state index contributed by atoms with van der Waals surface area (Å²) in [6.07, 6.45) is -9.10. The van der Waals surface area contributed by atoms with Gasteiger partial charge in [0.15, 0.2) is 0 Å². The van der Waals surface area contributed by atoms with Gasteiger partial charge in [0.25, 0.3) is 0 Å². The first-order valence-electron chi connectivity index (χ1n) is 6.13.